The summed E-state index contributed by atoms with van der Waals surface area (Å²) in [5.74, 6) is -0.597. The molecule has 2 atom stereocenters. The SMILES string of the molecule is COC(=O)c1ccc([C@H]2CN(Cc3ccccc3)C[C@@H]2[N+](=O)[O-])cc1. The number of carbonyl (C=O) groups excluding carboxylic acids is 1. The molecule has 3 rings (SSSR count). The molecule has 0 N–H and O–H groups in total. The Bertz CT molecular complexity index is 746. The summed E-state index contributed by atoms with van der Waals surface area (Å²) in [6, 6.07) is 16.2. The lowest BCUT2D eigenvalue weighted by atomic mass is 9.94. The van der Waals surface area contributed by atoms with Crippen LogP contribution in [-0.2, 0) is 11.3 Å². The monoisotopic (exact) mass is 340 g/mol. The van der Waals surface area contributed by atoms with Crippen LogP contribution in [0.4, 0.5) is 0 Å². The van der Waals surface area contributed by atoms with Crippen molar-refractivity contribution in [2.24, 2.45) is 0 Å². The van der Waals surface area contributed by atoms with Gasteiger partial charge in [-0.1, -0.05) is 42.5 Å². The second kappa shape index (κ2) is 7.44. The van der Waals surface area contributed by atoms with E-state index in [4.69, 9.17) is 0 Å². The zero-order chi connectivity index (χ0) is 17.8. The summed E-state index contributed by atoms with van der Waals surface area (Å²) < 4.78 is 4.69. The van der Waals surface area contributed by atoms with Crippen LogP contribution in [0.15, 0.2) is 54.6 Å². The number of methoxy groups -OCH3 is 1. The summed E-state index contributed by atoms with van der Waals surface area (Å²) in [6.45, 7) is 1.74. The van der Waals surface area contributed by atoms with Gasteiger partial charge in [0.1, 0.15) is 0 Å². The molecule has 0 bridgehead atoms. The lowest BCUT2D eigenvalue weighted by molar-refractivity contribution is -0.521. The van der Waals surface area contributed by atoms with Gasteiger partial charge in [0, 0.05) is 18.0 Å². The zero-order valence-electron chi connectivity index (χ0n) is 14.0. The van der Waals surface area contributed by atoms with Gasteiger partial charge in [0.2, 0.25) is 6.04 Å². The molecule has 1 heterocycles. The number of nitrogens with zero attached hydrogens (tertiary/aromatic N) is 2. The van der Waals surface area contributed by atoms with E-state index in [1.54, 1.807) is 24.3 Å². The summed E-state index contributed by atoms with van der Waals surface area (Å²) in [5.41, 5.74) is 2.47. The largest absolute Gasteiger partial charge is 0.465 e. The molecule has 0 saturated carbocycles. The molecule has 25 heavy (non-hydrogen) atoms. The first-order chi connectivity index (χ1) is 12.1. The van der Waals surface area contributed by atoms with Crippen LogP contribution in [0.25, 0.3) is 0 Å². The van der Waals surface area contributed by atoms with E-state index >= 15 is 0 Å². The quantitative estimate of drug-likeness (QED) is 0.475. The highest BCUT2D eigenvalue weighted by atomic mass is 16.6. The number of likely N-dealkylation sites (tertiary alicyclic amines) is 1. The third-order valence-electron chi connectivity index (χ3n) is 4.64. The van der Waals surface area contributed by atoms with Crippen LogP contribution in [0.3, 0.4) is 0 Å². The average Bonchev–Trinajstić information content (AvgIpc) is 3.06. The van der Waals surface area contributed by atoms with Gasteiger partial charge in [-0.3, -0.25) is 15.0 Å². The maximum absolute atomic E-state index is 11.5. The predicted molar refractivity (Wildman–Crippen MR) is 93.0 cm³/mol. The van der Waals surface area contributed by atoms with Crippen molar-refractivity contribution in [3.8, 4) is 0 Å². The Hall–Kier alpha value is -2.73. The van der Waals surface area contributed by atoms with E-state index in [1.165, 1.54) is 7.11 Å². The van der Waals surface area contributed by atoms with E-state index in [2.05, 4.69) is 9.64 Å². The Morgan fingerprint density at radius 2 is 1.84 bits per heavy atom. The second-order valence-corrected chi connectivity index (χ2v) is 6.25. The van der Waals surface area contributed by atoms with Crippen molar-refractivity contribution < 1.29 is 14.5 Å². The summed E-state index contributed by atoms with van der Waals surface area (Å²) in [7, 11) is 1.33. The zero-order valence-corrected chi connectivity index (χ0v) is 14.0. The molecule has 0 aliphatic carbocycles. The number of hydrogen-bond acceptors (Lipinski definition) is 5. The Balaban J connectivity index is 1.77. The molecule has 0 unspecified atom stereocenters. The number of esters is 1. The molecule has 0 spiro atoms. The lowest BCUT2D eigenvalue weighted by Crippen LogP contribution is -2.28. The van der Waals surface area contributed by atoms with Crippen molar-refractivity contribution in [3.05, 3.63) is 81.4 Å². The van der Waals surface area contributed by atoms with Gasteiger partial charge in [-0.25, -0.2) is 4.79 Å². The molecule has 0 radical (unpaired) electrons. The molecule has 6 nitrogen and oxygen atoms in total. The predicted octanol–water partition coefficient (Wildman–Crippen LogP) is 2.72. The van der Waals surface area contributed by atoms with Crippen molar-refractivity contribution in [1.29, 1.82) is 0 Å². The molecule has 0 amide bonds. The normalized spacial score (nSPS) is 20.4. The number of nitro groups is 1. The first-order valence-corrected chi connectivity index (χ1v) is 8.16. The fourth-order valence-corrected chi connectivity index (χ4v) is 3.36. The fraction of sp³-hybridized carbons (Fsp3) is 0.316. The smallest absolute Gasteiger partial charge is 0.337 e. The van der Waals surface area contributed by atoms with Crippen molar-refractivity contribution in [2.75, 3.05) is 20.2 Å². The highest BCUT2D eigenvalue weighted by Crippen LogP contribution is 2.30. The molecule has 1 fully saturated rings. The molecule has 2 aromatic rings. The Labute approximate surface area is 146 Å². The van der Waals surface area contributed by atoms with E-state index < -0.39 is 12.0 Å². The molecule has 130 valence electrons. The Morgan fingerprint density at radius 3 is 2.44 bits per heavy atom. The first-order valence-electron chi connectivity index (χ1n) is 8.16. The van der Waals surface area contributed by atoms with Crippen molar-refractivity contribution >= 4 is 5.97 Å². The molecule has 2 aromatic carbocycles. The van der Waals surface area contributed by atoms with Crippen molar-refractivity contribution in [2.45, 2.75) is 18.5 Å². The number of hydrogen-bond donors (Lipinski definition) is 0. The summed E-state index contributed by atoms with van der Waals surface area (Å²) in [5, 5.41) is 11.5. The van der Waals surface area contributed by atoms with Gasteiger partial charge in [-0.2, -0.15) is 0 Å². The van der Waals surface area contributed by atoms with Gasteiger partial charge in [-0.05, 0) is 23.3 Å². The third kappa shape index (κ3) is 3.85. The molecule has 0 aromatic heterocycles. The van der Waals surface area contributed by atoms with Gasteiger partial charge in [-0.15, -0.1) is 0 Å². The molecule has 1 saturated heterocycles. The lowest BCUT2D eigenvalue weighted by Gasteiger charge is -2.15. The Kier molecular flexibility index (Phi) is 5.09. The number of carbonyl (C=O) groups is 1. The summed E-state index contributed by atoms with van der Waals surface area (Å²) in [4.78, 5) is 25.0. The van der Waals surface area contributed by atoms with Crippen LogP contribution in [0, 0.1) is 10.1 Å². The van der Waals surface area contributed by atoms with E-state index in [0.29, 0.717) is 25.2 Å². The molecular weight excluding hydrogens is 320 g/mol. The standard InChI is InChI=1S/C19H20N2O4/c1-25-19(22)16-9-7-15(8-10-16)17-12-20(13-18(17)21(23)24)11-14-5-3-2-4-6-14/h2-10,17-18H,11-13H2,1H3/t17-,18+/m1/s1. The topological polar surface area (TPSA) is 72.7 Å². The van der Waals surface area contributed by atoms with E-state index in [-0.39, 0.29) is 10.8 Å². The maximum atomic E-state index is 11.5. The second-order valence-electron chi connectivity index (χ2n) is 6.25. The molecular formula is C19H20N2O4. The number of benzene rings is 2. The van der Waals surface area contributed by atoms with Gasteiger partial charge in [0.15, 0.2) is 0 Å². The van der Waals surface area contributed by atoms with Gasteiger partial charge in [0.05, 0.1) is 25.1 Å². The molecule has 1 aliphatic rings. The van der Waals surface area contributed by atoms with Crippen molar-refractivity contribution in [1.82, 2.24) is 4.90 Å². The highest BCUT2D eigenvalue weighted by Gasteiger charge is 2.41. The summed E-state index contributed by atoms with van der Waals surface area (Å²) in [6.07, 6.45) is 0. The highest BCUT2D eigenvalue weighted by molar-refractivity contribution is 5.89. The van der Waals surface area contributed by atoms with Crippen LogP contribution in [0.1, 0.15) is 27.4 Å². The van der Waals surface area contributed by atoms with Crippen LogP contribution < -0.4 is 0 Å². The minimum Gasteiger partial charge on any atom is -0.465 e. The van der Waals surface area contributed by atoms with Crippen LogP contribution in [0.2, 0.25) is 0 Å². The number of rotatable bonds is 5. The molecule has 6 heteroatoms. The Morgan fingerprint density at radius 1 is 1.16 bits per heavy atom. The fourth-order valence-electron chi connectivity index (χ4n) is 3.36. The van der Waals surface area contributed by atoms with Crippen LogP contribution in [0.5, 0.6) is 0 Å². The van der Waals surface area contributed by atoms with E-state index in [9.17, 15) is 14.9 Å². The number of ether oxygens (including phenoxy) is 1. The maximum Gasteiger partial charge on any atom is 0.337 e. The van der Waals surface area contributed by atoms with E-state index in [0.717, 1.165) is 11.1 Å². The molecule has 1 aliphatic heterocycles. The van der Waals surface area contributed by atoms with Gasteiger partial charge < -0.3 is 4.74 Å². The minimum absolute atomic E-state index is 0.189. The minimum atomic E-state index is -0.646. The average molecular weight is 340 g/mol. The van der Waals surface area contributed by atoms with Crippen molar-refractivity contribution in [3.63, 3.8) is 0 Å². The van der Waals surface area contributed by atoms with Gasteiger partial charge >= 0.3 is 5.97 Å². The third-order valence-corrected chi connectivity index (χ3v) is 4.64. The van der Waals surface area contributed by atoms with Gasteiger partial charge in [0.25, 0.3) is 0 Å². The summed E-state index contributed by atoms with van der Waals surface area (Å²) >= 11 is 0. The van der Waals surface area contributed by atoms with Crippen LogP contribution in [-0.4, -0.2) is 42.0 Å². The van der Waals surface area contributed by atoms with E-state index in [1.807, 2.05) is 30.3 Å². The first kappa shape index (κ1) is 17.1. The van der Waals surface area contributed by atoms with Crippen LogP contribution >= 0.6 is 0 Å².